The maximum absolute atomic E-state index is 12.8. The number of hydrogen-bond donors (Lipinski definition) is 2. The van der Waals surface area contributed by atoms with Crippen molar-refractivity contribution in [2.24, 2.45) is 0 Å². The minimum atomic E-state index is -3.86. The molecule has 3 aromatic carbocycles. The van der Waals surface area contributed by atoms with Gasteiger partial charge in [0.25, 0.3) is 15.9 Å². The van der Waals surface area contributed by atoms with E-state index in [4.69, 9.17) is 23.2 Å². The first-order valence-electron chi connectivity index (χ1n) is 8.21. The fourth-order valence-corrected chi connectivity index (χ4v) is 4.22. The van der Waals surface area contributed by atoms with Crippen molar-refractivity contribution >= 4 is 50.5 Å². The summed E-state index contributed by atoms with van der Waals surface area (Å²) in [6.45, 7) is 1.68. The number of amides is 1. The summed E-state index contributed by atoms with van der Waals surface area (Å²) in [6, 6.07) is 17.6. The van der Waals surface area contributed by atoms with E-state index in [-0.39, 0.29) is 4.90 Å². The summed E-state index contributed by atoms with van der Waals surface area (Å²) >= 11 is 11.9. The van der Waals surface area contributed by atoms with Gasteiger partial charge < -0.3 is 5.32 Å². The minimum Gasteiger partial charge on any atom is -0.322 e. The zero-order valence-corrected chi connectivity index (χ0v) is 17.1. The quantitative estimate of drug-likeness (QED) is 0.567. The number of hydrogen-bond acceptors (Lipinski definition) is 3. The second-order valence-electron chi connectivity index (χ2n) is 6.03. The molecule has 8 heteroatoms. The predicted octanol–water partition coefficient (Wildman–Crippen LogP) is 5.35. The van der Waals surface area contributed by atoms with Gasteiger partial charge in [0, 0.05) is 16.4 Å². The molecule has 1 amide bonds. The number of benzene rings is 3. The molecule has 0 aliphatic heterocycles. The maximum Gasteiger partial charge on any atom is 0.262 e. The first kappa shape index (κ1) is 20.2. The van der Waals surface area contributed by atoms with Gasteiger partial charge in [-0.25, -0.2) is 8.42 Å². The Hall–Kier alpha value is -2.54. The molecular weight excluding hydrogens is 419 g/mol. The SMILES string of the molecule is Cc1ccc(NC(=O)c2ccccc2Cl)cc1S(=O)(=O)Nc1ccc(Cl)cc1. The average Bonchev–Trinajstić information content (AvgIpc) is 2.65. The van der Waals surface area contributed by atoms with Crippen LogP contribution in [0.2, 0.25) is 10.0 Å². The van der Waals surface area contributed by atoms with Gasteiger partial charge in [0.15, 0.2) is 0 Å². The molecule has 0 unspecified atom stereocenters. The lowest BCUT2D eigenvalue weighted by molar-refractivity contribution is 0.102. The number of aryl methyl sites for hydroxylation is 1. The van der Waals surface area contributed by atoms with Crippen LogP contribution in [0.15, 0.2) is 71.6 Å². The van der Waals surface area contributed by atoms with E-state index in [1.807, 2.05) is 0 Å². The summed E-state index contributed by atoms with van der Waals surface area (Å²) in [7, 11) is -3.86. The highest BCUT2D eigenvalue weighted by atomic mass is 35.5. The normalized spacial score (nSPS) is 11.1. The fourth-order valence-electron chi connectivity index (χ4n) is 2.54. The Bertz CT molecular complexity index is 1130. The summed E-state index contributed by atoms with van der Waals surface area (Å²) in [6.07, 6.45) is 0. The van der Waals surface area contributed by atoms with Crippen LogP contribution in [0.1, 0.15) is 15.9 Å². The van der Waals surface area contributed by atoms with Gasteiger partial charge in [-0.3, -0.25) is 9.52 Å². The Kier molecular flexibility index (Phi) is 5.93. The van der Waals surface area contributed by atoms with Gasteiger partial charge in [-0.15, -0.1) is 0 Å². The van der Waals surface area contributed by atoms with E-state index in [1.54, 1.807) is 67.6 Å². The van der Waals surface area contributed by atoms with Crippen LogP contribution in [-0.4, -0.2) is 14.3 Å². The number of anilines is 2. The molecule has 2 N–H and O–H groups in total. The molecule has 0 aliphatic rings. The molecule has 0 atom stereocenters. The third-order valence-corrected chi connectivity index (χ3v) is 6.06. The summed E-state index contributed by atoms with van der Waals surface area (Å²) < 4.78 is 28.1. The average molecular weight is 435 g/mol. The van der Waals surface area contributed by atoms with E-state index in [2.05, 4.69) is 10.0 Å². The minimum absolute atomic E-state index is 0.0550. The van der Waals surface area contributed by atoms with Gasteiger partial charge >= 0.3 is 0 Å². The van der Waals surface area contributed by atoms with Crippen LogP contribution < -0.4 is 10.0 Å². The van der Waals surface area contributed by atoms with Gasteiger partial charge in [0.2, 0.25) is 0 Å². The molecule has 0 spiro atoms. The van der Waals surface area contributed by atoms with E-state index in [1.165, 1.54) is 6.07 Å². The lowest BCUT2D eigenvalue weighted by atomic mass is 10.2. The topological polar surface area (TPSA) is 75.3 Å². The van der Waals surface area contributed by atoms with Crippen LogP contribution in [0.25, 0.3) is 0 Å². The second-order valence-corrected chi connectivity index (χ2v) is 8.52. The summed E-state index contributed by atoms with van der Waals surface area (Å²) in [4.78, 5) is 12.5. The van der Waals surface area contributed by atoms with Gasteiger partial charge in [0.05, 0.1) is 15.5 Å². The van der Waals surface area contributed by atoms with Gasteiger partial charge in [-0.2, -0.15) is 0 Å². The Labute approximate surface area is 173 Å². The molecule has 0 bridgehead atoms. The highest BCUT2D eigenvalue weighted by molar-refractivity contribution is 7.92. The van der Waals surface area contributed by atoms with Crippen LogP contribution in [0.5, 0.6) is 0 Å². The highest BCUT2D eigenvalue weighted by Gasteiger charge is 2.19. The Morgan fingerprint density at radius 1 is 0.893 bits per heavy atom. The van der Waals surface area contributed by atoms with Crippen molar-refractivity contribution in [3.8, 4) is 0 Å². The number of halogens is 2. The third-order valence-electron chi connectivity index (χ3n) is 3.95. The number of sulfonamides is 1. The Morgan fingerprint density at radius 3 is 2.21 bits per heavy atom. The molecule has 3 aromatic rings. The maximum atomic E-state index is 12.8. The van der Waals surface area contributed by atoms with Crippen LogP contribution in [0.3, 0.4) is 0 Å². The fraction of sp³-hybridized carbons (Fsp3) is 0.0500. The van der Waals surface area contributed by atoms with E-state index >= 15 is 0 Å². The molecule has 0 aromatic heterocycles. The smallest absolute Gasteiger partial charge is 0.262 e. The summed E-state index contributed by atoms with van der Waals surface area (Å²) in [5.74, 6) is -0.427. The van der Waals surface area contributed by atoms with E-state index in [9.17, 15) is 13.2 Å². The first-order valence-corrected chi connectivity index (χ1v) is 10.4. The molecular formula is C20H16Cl2N2O3S. The third kappa shape index (κ3) is 4.65. The molecule has 28 heavy (non-hydrogen) atoms. The van der Waals surface area contributed by atoms with Crippen molar-refractivity contribution in [2.45, 2.75) is 11.8 Å². The number of rotatable bonds is 5. The van der Waals surface area contributed by atoms with Crippen LogP contribution in [-0.2, 0) is 10.0 Å². The number of carbonyl (C=O) groups excluding carboxylic acids is 1. The molecule has 0 fully saturated rings. The molecule has 0 aliphatic carbocycles. The second kappa shape index (κ2) is 8.22. The molecule has 0 saturated carbocycles. The largest absolute Gasteiger partial charge is 0.322 e. The first-order chi connectivity index (χ1) is 13.3. The molecule has 5 nitrogen and oxygen atoms in total. The van der Waals surface area contributed by atoms with Crippen LogP contribution in [0.4, 0.5) is 11.4 Å². The van der Waals surface area contributed by atoms with E-state index in [0.29, 0.717) is 32.5 Å². The standard InChI is InChI=1S/C20H16Cl2N2O3S/c1-13-6-9-16(23-20(25)17-4-2-3-5-18(17)22)12-19(13)28(26,27)24-15-10-7-14(21)8-11-15/h2-12,24H,1H3,(H,23,25). The summed E-state index contributed by atoms with van der Waals surface area (Å²) in [5.41, 5.74) is 1.56. The molecule has 3 rings (SSSR count). The Balaban J connectivity index is 1.87. The highest BCUT2D eigenvalue weighted by Crippen LogP contribution is 2.25. The van der Waals surface area contributed by atoms with Crippen LogP contribution in [0, 0.1) is 6.92 Å². The van der Waals surface area contributed by atoms with Gasteiger partial charge in [-0.05, 0) is 61.0 Å². The lowest BCUT2D eigenvalue weighted by Gasteiger charge is -2.13. The molecule has 144 valence electrons. The Morgan fingerprint density at radius 2 is 1.54 bits per heavy atom. The number of carbonyl (C=O) groups is 1. The van der Waals surface area contributed by atoms with Crippen molar-refractivity contribution < 1.29 is 13.2 Å². The van der Waals surface area contributed by atoms with Crippen molar-refractivity contribution in [1.82, 2.24) is 0 Å². The number of nitrogens with one attached hydrogen (secondary N) is 2. The monoisotopic (exact) mass is 434 g/mol. The molecule has 0 heterocycles. The predicted molar refractivity (Wildman–Crippen MR) is 113 cm³/mol. The van der Waals surface area contributed by atoms with Crippen molar-refractivity contribution in [3.05, 3.63) is 87.9 Å². The summed E-state index contributed by atoms with van der Waals surface area (Å²) in [5, 5.41) is 3.49. The van der Waals surface area contributed by atoms with Crippen molar-refractivity contribution in [3.63, 3.8) is 0 Å². The zero-order chi connectivity index (χ0) is 20.3. The van der Waals surface area contributed by atoms with Gasteiger partial charge in [-0.1, -0.05) is 41.4 Å². The van der Waals surface area contributed by atoms with E-state index in [0.717, 1.165) is 0 Å². The molecule has 0 saturated heterocycles. The lowest BCUT2D eigenvalue weighted by Crippen LogP contribution is -2.16. The zero-order valence-electron chi connectivity index (χ0n) is 14.7. The van der Waals surface area contributed by atoms with Crippen molar-refractivity contribution in [2.75, 3.05) is 10.0 Å². The van der Waals surface area contributed by atoms with E-state index < -0.39 is 15.9 Å². The van der Waals surface area contributed by atoms with Crippen molar-refractivity contribution in [1.29, 1.82) is 0 Å². The van der Waals surface area contributed by atoms with Crippen LogP contribution >= 0.6 is 23.2 Å². The molecule has 0 radical (unpaired) electrons. The van der Waals surface area contributed by atoms with Gasteiger partial charge in [0.1, 0.15) is 0 Å².